The van der Waals surface area contributed by atoms with Gasteiger partial charge in [-0.25, -0.2) is 9.38 Å². The summed E-state index contributed by atoms with van der Waals surface area (Å²) in [7, 11) is 1.89. The van der Waals surface area contributed by atoms with Crippen molar-refractivity contribution in [3.8, 4) is 5.75 Å². The van der Waals surface area contributed by atoms with Crippen molar-refractivity contribution in [2.24, 2.45) is 12.0 Å². The Hall–Kier alpha value is -1.84. The smallest absolute Gasteiger partial charge is 0.191 e. The second kappa shape index (κ2) is 10.8. The largest absolute Gasteiger partial charge is 0.492 e. The van der Waals surface area contributed by atoms with Gasteiger partial charge in [0.15, 0.2) is 5.96 Å². The zero-order chi connectivity index (χ0) is 16.5. The third kappa shape index (κ3) is 6.73. The van der Waals surface area contributed by atoms with Crippen molar-refractivity contribution in [1.82, 2.24) is 20.4 Å². The zero-order valence-electron chi connectivity index (χ0n) is 13.8. The highest BCUT2D eigenvalue weighted by molar-refractivity contribution is 14.0. The summed E-state index contributed by atoms with van der Waals surface area (Å²) in [4.78, 5) is 4.49. The molecule has 0 bridgehead atoms. The first-order valence-electron chi connectivity index (χ1n) is 7.56. The number of hydrogen-bond donors (Lipinski definition) is 2. The van der Waals surface area contributed by atoms with Crippen LogP contribution in [0.1, 0.15) is 12.6 Å². The van der Waals surface area contributed by atoms with Gasteiger partial charge in [0, 0.05) is 25.9 Å². The summed E-state index contributed by atoms with van der Waals surface area (Å²) < 4.78 is 20.3. The normalized spacial score (nSPS) is 10.9. The fraction of sp³-hybridized carbons (Fsp3) is 0.375. The molecule has 2 rings (SSSR count). The second-order valence-corrected chi connectivity index (χ2v) is 4.87. The molecule has 24 heavy (non-hydrogen) atoms. The molecule has 0 fully saturated rings. The molecular formula is C16H23FIN5O. The van der Waals surface area contributed by atoms with Crippen LogP contribution in [-0.2, 0) is 13.6 Å². The summed E-state index contributed by atoms with van der Waals surface area (Å²) in [6.07, 6.45) is 1.75. The number of nitrogens with zero attached hydrogens (tertiary/aromatic N) is 3. The third-order valence-electron chi connectivity index (χ3n) is 3.13. The Morgan fingerprint density at radius 2 is 2.17 bits per heavy atom. The zero-order valence-corrected chi connectivity index (χ0v) is 16.2. The Morgan fingerprint density at radius 1 is 1.33 bits per heavy atom. The van der Waals surface area contributed by atoms with Gasteiger partial charge in [-0.1, -0.05) is 6.07 Å². The lowest BCUT2D eigenvalue weighted by Gasteiger charge is -2.12. The first-order valence-corrected chi connectivity index (χ1v) is 7.56. The summed E-state index contributed by atoms with van der Waals surface area (Å²) in [5.41, 5.74) is 1.03. The highest BCUT2D eigenvalue weighted by Crippen LogP contribution is 2.11. The lowest BCUT2D eigenvalue weighted by Crippen LogP contribution is -2.39. The molecule has 2 aromatic rings. The molecule has 2 N–H and O–H groups in total. The van der Waals surface area contributed by atoms with Crippen LogP contribution in [-0.4, -0.2) is 35.4 Å². The molecular weight excluding hydrogens is 424 g/mol. The molecule has 1 aromatic heterocycles. The van der Waals surface area contributed by atoms with Crippen LogP contribution in [0.3, 0.4) is 0 Å². The van der Waals surface area contributed by atoms with Crippen LogP contribution >= 0.6 is 24.0 Å². The Morgan fingerprint density at radius 3 is 2.83 bits per heavy atom. The fourth-order valence-electron chi connectivity index (χ4n) is 1.95. The van der Waals surface area contributed by atoms with Crippen molar-refractivity contribution in [3.63, 3.8) is 0 Å². The van der Waals surface area contributed by atoms with Crippen LogP contribution in [0.2, 0.25) is 0 Å². The van der Waals surface area contributed by atoms with Gasteiger partial charge in [0.05, 0.1) is 18.8 Å². The fourth-order valence-corrected chi connectivity index (χ4v) is 1.95. The third-order valence-corrected chi connectivity index (χ3v) is 3.13. The second-order valence-electron chi connectivity index (χ2n) is 4.87. The van der Waals surface area contributed by atoms with Gasteiger partial charge in [0.1, 0.15) is 18.2 Å². The molecule has 0 aliphatic heterocycles. The molecule has 0 aliphatic rings. The van der Waals surface area contributed by atoms with Gasteiger partial charge >= 0.3 is 0 Å². The quantitative estimate of drug-likeness (QED) is 0.296. The molecule has 0 amide bonds. The molecule has 0 atom stereocenters. The van der Waals surface area contributed by atoms with Crippen LogP contribution in [0, 0.1) is 5.82 Å². The van der Waals surface area contributed by atoms with E-state index in [2.05, 4.69) is 20.7 Å². The minimum atomic E-state index is -0.304. The molecule has 1 heterocycles. The number of hydrogen-bond acceptors (Lipinski definition) is 3. The molecule has 0 radical (unpaired) electrons. The average molecular weight is 447 g/mol. The first-order chi connectivity index (χ1) is 11.2. The number of ether oxygens (including phenoxy) is 1. The molecule has 8 heteroatoms. The lowest BCUT2D eigenvalue weighted by molar-refractivity contribution is 0.320. The predicted octanol–water partition coefficient (Wildman–Crippen LogP) is 2.31. The minimum absolute atomic E-state index is 0. The van der Waals surface area contributed by atoms with Gasteiger partial charge in [-0.3, -0.25) is 4.68 Å². The molecule has 0 saturated heterocycles. The van der Waals surface area contributed by atoms with Gasteiger partial charge in [-0.2, -0.15) is 5.10 Å². The van der Waals surface area contributed by atoms with E-state index in [0.717, 1.165) is 12.2 Å². The van der Waals surface area contributed by atoms with E-state index in [1.807, 2.05) is 20.0 Å². The van der Waals surface area contributed by atoms with Crippen LogP contribution in [0.5, 0.6) is 5.75 Å². The van der Waals surface area contributed by atoms with Crippen molar-refractivity contribution in [3.05, 3.63) is 48.0 Å². The molecule has 6 nitrogen and oxygen atoms in total. The number of aromatic nitrogens is 2. The van der Waals surface area contributed by atoms with Gasteiger partial charge in [0.25, 0.3) is 0 Å². The molecule has 0 aliphatic carbocycles. The maximum atomic E-state index is 13.0. The van der Waals surface area contributed by atoms with Crippen LogP contribution in [0.15, 0.2) is 41.5 Å². The SMILES string of the molecule is CCNC(=NCc1ccnn1C)NCCOc1cccc(F)c1.I. The lowest BCUT2D eigenvalue weighted by atomic mass is 10.3. The first kappa shape index (κ1) is 20.2. The number of nitrogens with one attached hydrogen (secondary N) is 2. The summed E-state index contributed by atoms with van der Waals surface area (Å²) >= 11 is 0. The van der Waals surface area contributed by atoms with E-state index in [1.54, 1.807) is 23.0 Å². The Labute approximate surface area is 158 Å². The van der Waals surface area contributed by atoms with Crippen molar-refractivity contribution >= 4 is 29.9 Å². The number of rotatable bonds is 7. The number of guanidine groups is 1. The average Bonchev–Trinajstić information content (AvgIpc) is 2.94. The monoisotopic (exact) mass is 447 g/mol. The van der Waals surface area contributed by atoms with Crippen molar-refractivity contribution in [1.29, 1.82) is 0 Å². The summed E-state index contributed by atoms with van der Waals surface area (Å²) in [5, 5.41) is 10.5. The number of halogens is 2. The molecule has 0 unspecified atom stereocenters. The van der Waals surface area contributed by atoms with Crippen molar-refractivity contribution in [2.75, 3.05) is 19.7 Å². The van der Waals surface area contributed by atoms with Gasteiger partial charge in [-0.05, 0) is 25.1 Å². The van der Waals surface area contributed by atoms with Crippen LogP contribution < -0.4 is 15.4 Å². The topological polar surface area (TPSA) is 63.5 Å². The number of aliphatic imine (C=N–C) groups is 1. The summed E-state index contributed by atoms with van der Waals surface area (Å²) in [6.45, 7) is 4.29. The van der Waals surface area contributed by atoms with Gasteiger partial charge in [0.2, 0.25) is 0 Å². The molecule has 0 saturated carbocycles. The molecule has 132 valence electrons. The Kier molecular flexibility index (Phi) is 9.13. The Bertz CT molecular complexity index is 647. The van der Waals surface area contributed by atoms with Crippen molar-refractivity contribution < 1.29 is 9.13 Å². The number of benzene rings is 1. The van der Waals surface area contributed by atoms with E-state index in [9.17, 15) is 4.39 Å². The minimum Gasteiger partial charge on any atom is -0.492 e. The van der Waals surface area contributed by atoms with Crippen LogP contribution in [0.25, 0.3) is 0 Å². The number of aryl methyl sites for hydroxylation is 1. The standard InChI is InChI=1S/C16H22FN5O.HI/c1-3-18-16(20-12-14-7-8-21-22(14)2)19-9-10-23-15-6-4-5-13(17)11-15;/h4-8,11H,3,9-10,12H2,1-2H3,(H2,18,19,20);1H. The van der Waals surface area contributed by atoms with E-state index in [0.29, 0.717) is 31.4 Å². The summed E-state index contributed by atoms with van der Waals surface area (Å²) in [5.74, 6) is 0.918. The van der Waals surface area contributed by atoms with E-state index in [-0.39, 0.29) is 29.8 Å². The van der Waals surface area contributed by atoms with E-state index in [4.69, 9.17) is 4.74 Å². The summed E-state index contributed by atoms with van der Waals surface area (Å²) in [6, 6.07) is 8.03. The van der Waals surface area contributed by atoms with E-state index < -0.39 is 0 Å². The van der Waals surface area contributed by atoms with E-state index >= 15 is 0 Å². The Balaban J connectivity index is 0.00000288. The highest BCUT2D eigenvalue weighted by Gasteiger charge is 2.01. The maximum Gasteiger partial charge on any atom is 0.191 e. The van der Waals surface area contributed by atoms with E-state index in [1.165, 1.54) is 12.1 Å². The maximum absolute atomic E-state index is 13.0. The molecule has 0 spiro atoms. The van der Waals surface area contributed by atoms with Crippen LogP contribution in [0.4, 0.5) is 4.39 Å². The van der Waals surface area contributed by atoms with Gasteiger partial charge < -0.3 is 15.4 Å². The predicted molar refractivity (Wildman–Crippen MR) is 103 cm³/mol. The molecule has 1 aromatic carbocycles. The van der Waals surface area contributed by atoms with Crippen molar-refractivity contribution in [2.45, 2.75) is 13.5 Å². The van der Waals surface area contributed by atoms with Gasteiger partial charge in [-0.15, -0.1) is 24.0 Å². The highest BCUT2D eigenvalue weighted by atomic mass is 127.